The van der Waals surface area contributed by atoms with Gasteiger partial charge in [-0.1, -0.05) is 145 Å². The number of esters is 5. The number of ketones is 3. The Morgan fingerprint density at radius 3 is 1.02 bits per heavy atom. The van der Waals surface area contributed by atoms with Crippen LogP contribution in [0.15, 0.2) is 0 Å². The molecule has 0 spiro atoms. The first-order valence-electron chi connectivity index (χ1n) is 41.1. The fourth-order valence-electron chi connectivity index (χ4n) is 14.4. The van der Waals surface area contributed by atoms with Gasteiger partial charge in [0.2, 0.25) is 0 Å². The highest BCUT2D eigenvalue weighted by Gasteiger charge is 2.56. The van der Waals surface area contributed by atoms with Crippen molar-refractivity contribution in [1.82, 2.24) is 0 Å². The summed E-state index contributed by atoms with van der Waals surface area (Å²) in [6.45, 7) is 45.9. The first-order valence-corrected chi connectivity index (χ1v) is 41.1. The third-order valence-corrected chi connectivity index (χ3v) is 18.4. The van der Waals surface area contributed by atoms with Gasteiger partial charge in [0.25, 0.3) is 0 Å². The van der Waals surface area contributed by atoms with E-state index in [2.05, 4.69) is 9.47 Å². The molecule has 17 fully saturated rings. The van der Waals surface area contributed by atoms with Crippen molar-refractivity contribution in [3.8, 4) is 0 Å². The predicted molar refractivity (Wildman–Crippen MR) is 399 cm³/mol. The summed E-state index contributed by atoms with van der Waals surface area (Å²) in [6.07, 6.45) is 39.4. The van der Waals surface area contributed by atoms with Crippen molar-refractivity contribution in [1.29, 1.82) is 0 Å². The number of rotatable bonds is 0. The summed E-state index contributed by atoms with van der Waals surface area (Å²) in [6, 6.07) is 0. The van der Waals surface area contributed by atoms with Gasteiger partial charge < -0.3 is 33.2 Å². The van der Waals surface area contributed by atoms with Crippen LogP contribution in [-0.4, -0.2) is 106 Å². The predicted octanol–water partition coefficient (Wildman–Crippen LogP) is 21.4. The number of ether oxygens (including phenoxy) is 7. The van der Waals surface area contributed by atoms with Crippen LogP contribution in [0.2, 0.25) is 0 Å². The maximum absolute atomic E-state index is 11.6. The lowest BCUT2D eigenvalue weighted by Crippen LogP contribution is -2.45. The Hall–Kier alpha value is -3.72. The molecule has 10 bridgehead atoms. The second-order valence-electron chi connectivity index (χ2n) is 24.6. The molecular formula is C82H156O15. The van der Waals surface area contributed by atoms with Crippen molar-refractivity contribution in [2.45, 2.75) is 375 Å². The molecule has 10 aliphatic carbocycles. The van der Waals surface area contributed by atoms with Gasteiger partial charge in [-0.3, -0.25) is 38.4 Å². The Labute approximate surface area is 596 Å². The van der Waals surface area contributed by atoms with Gasteiger partial charge >= 0.3 is 29.8 Å². The van der Waals surface area contributed by atoms with Crippen LogP contribution in [0.25, 0.3) is 0 Å². The molecule has 0 aromatic carbocycles. The molecule has 0 N–H and O–H groups in total. The molecule has 0 aromatic rings. The number of Topliss-reactive ketones (excluding diaryl/α,β-unsaturated/α-hetero) is 3. The molecule has 17 rings (SSSR count). The maximum Gasteiger partial charge on any atom is 0.309 e. The number of hydrogen-bond acceptors (Lipinski definition) is 15. The number of carbonyl (C=O) groups is 8. The van der Waals surface area contributed by atoms with Crippen molar-refractivity contribution in [3.05, 3.63) is 0 Å². The molecule has 7 heterocycles. The first-order chi connectivity index (χ1) is 47.5. The molecule has 15 heteroatoms. The van der Waals surface area contributed by atoms with Crippen molar-refractivity contribution in [2.24, 2.45) is 59.2 Å². The minimum Gasteiger partial charge on any atom is -0.466 e. The SMILES string of the molecule is C1CCOC1.C1CCOCC1.CC.CC.CC.CC.CC.CC.CC.CC.CC.CC.O=C1C2CC3CC(C2)CC1C3.O=C1CC2CCC1C2.O=C1CCCCC1.O=C1CCCCCO1.O=C1CCCCO1.O=C1CCCO1.O=C1OC2CC3CC1C2C3.O=C1OC2CCCC1C2. The highest BCUT2D eigenvalue weighted by molar-refractivity contribution is 5.85. The van der Waals surface area contributed by atoms with Gasteiger partial charge in [-0.15, -0.1) is 0 Å². The molecule has 8 atom stereocenters. The molecule has 7 saturated heterocycles. The fraction of sp³-hybridized carbons (Fsp3) is 0.902. The summed E-state index contributed by atoms with van der Waals surface area (Å²) >= 11 is 0. The van der Waals surface area contributed by atoms with Crippen LogP contribution in [0, 0.1) is 59.2 Å². The summed E-state index contributed by atoms with van der Waals surface area (Å²) in [4.78, 5) is 85.5. The van der Waals surface area contributed by atoms with Crippen LogP contribution in [0.1, 0.15) is 363 Å². The van der Waals surface area contributed by atoms with Gasteiger partial charge in [0.05, 0.1) is 31.7 Å². The molecule has 0 aromatic heterocycles. The number of fused-ring (bicyclic) bond motifs is 5. The normalized spacial score (nSPS) is 28.8. The Bertz CT molecular complexity index is 1790. The molecule has 15 nitrogen and oxygen atoms in total. The zero-order valence-corrected chi connectivity index (χ0v) is 66.8. The minimum absolute atomic E-state index is 0.0255. The van der Waals surface area contributed by atoms with Crippen molar-refractivity contribution in [3.63, 3.8) is 0 Å². The van der Waals surface area contributed by atoms with Crippen LogP contribution in [0.5, 0.6) is 0 Å². The second-order valence-corrected chi connectivity index (χ2v) is 24.6. The van der Waals surface area contributed by atoms with Crippen LogP contribution in [-0.2, 0) is 71.5 Å². The largest absolute Gasteiger partial charge is 0.466 e. The summed E-state index contributed by atoms with van der Waals surface area (Å²) in [5.74, 6) is 7.88. The Balaban J connectivity index is -0.000000484. The van der Waals surface area contributed by atoms with Crippen LogP contribution < -0.4 is 0 Å². The van der Waals surface area contributed by atoms with Crippen molar-refractivity contribution >= 4 is 47.2 Å². The Morgan fingerprint density at radius 1 is 0.289 bits per heavy atom. The van der Waals surface area contributed by atoms with Gasteiger partial charge in [-0.05, 0) is 203 Å². The third kappa shape index (κ3) is 44.3. The van der Waals surface area contributed by atoms with E-state index in [-0.39, 0.29) is 41.9 Å². The average molecular weight is 1380 g/mol. The van der Waals surface area contributed by atoms with Crippen LogP contribution in [0.4, 0.5) is 0 Å². The van der Waals surface area contributed by atoms with Gasteiger partial charge in [0.15, 0.2) is 0 Å². The lowest BCUT2D eigenvalue weighted by molar-refractivity contribution is -0.147. The van der Waals surface area contributed by atoms with Gasteiger partial charge in [0.1, 0.15) is 29.6 Å². The van der Waals surface area contributed by atoms with Crippen LogP contribution >= 0.6 is 0 Å². The monoisotopic (exact) mass is 1380 g/mol. The molecule has 17 aliphatic rings. The highest BCUT2D eigenvalue weighted by Crippen LogP contribution is 2.54. The lowest BCUT2D eigenvalue weighted by atomic mass is 9.56. The topological polar surface area (TPSA) is 201 Å². The average Bonchev–Trinajstić information content (AvgIpc) is 1.70. The first kappa shape index (κ1) is 99.7. The summed E-state index contributed by atoms with van der Waals surface area (Å²) in [5.41, 5.74) is 0. The summed E-state index contributed by atoms with van der Waals surface area (Å²) in [7, 11) is 0. The van der Waals surface area contributed by atoms with E-state index >= 15 is 0 Å². The van der Waals surface area contributed by atoms with E-state index in [1.807, 2.05) is 138 Å². The van der Waals surface area contributed by atoms with E-state index in [0.29, 0.717) is 92.1 Å². The van der Waals surface area contributed by atoms with E-state index in [4.69, 9.17) is 23.7 Å². The zero-order valence-electron chi connectivity index (χ0n) is 66.8. The minimum atomic E-state index is -0.0463. The summed E-state index contributed by atoms with van der Waals surface area (Å²) < 4.78 is 34.2. The number of carbonyl (C=O) groups excluding carboxylic acids is 8. The van der Waals surface area contributed by atoms with Gasteiger partial charge in [-0.25, -0.2) is 0 Å². The Morgan fingerprint density at radius 2 is 0.691 bits per heavy atom. The van der Waals surface area contributed by atoms with E-state index in [1.54, 1.807) is 0 Å². The maximum atomic E-state index is 11.6. The molecule has 10 saturated carbocycles. The van der Waals surface area contributed by atoms with Gasteiger partial charge in [-0.2, -0.15) is 0 Å². The zero-order chi connectivity index (χ0) is 74.2. The lowest BCUT2D eigenvalue weighted by Gasteiger charge is -2.48. The molecule has 97 heavy (non-hydrogen) atoms. The van der Waals surface area contributed by atoms with E-state index in [1.165, 1.54) is 103 Å². The smallest absolute Gasteiger partial charge is 0.309 e. The fourth-order valence-corrected chi connectivity index (χ4v) is 14.4. The standard InChI is InChI=1S/C10H14O.C8H10O2.C7H10O2.C7H10O.C6H10O2.C6H10O.C5H8O2.C5H10O.C4H6O2.C4H8O.10C2H6/c11-10-8-2-6-1-7(4-8)5-9(10)3-6;9-8-6-2-4-1-5(6)7(3-4)10-8;8-7-5-2-1-3-6(4-5)9-7;8-7-4-5-1-2-6(7)3-5;7-6-4-2-1-3-5-8-6;7-6-4-2-1-3-5-6;6-5-3-1-2-4-7-5;1-2-4-6-5-3-1;5-4-2-1-3-6-4;1-2-4-5-3-1;10*1-2/h6-9H,1-5H2;4-7H,1-3H2;5-6H,1-4H2;5-6H,1-4H2;1-5H2;1-5H2;1-4H2;1-5H2;1-3H2;1-4H2;10*1-2H3. The van der Waals surface area contributed by atoms with Crippen molar-refractivity contribution < 1.29 is 71.5 Å². The van der Waals surface area contributed by atoms with Gasteiger partial charge in [0, 0.05) is 88.6 Å². The van der Waals surface area contributed by atoms with Crippen LogP contribution in [0.3, 0.4) is 0 Å². The quantitative estimate of drug-likeness (QED) is 0.164. The molecule has 0 amide bonds. The molecule has 0 radical (unpaired) electrons. The molecule has 7 aliphatic heterocycles. The second kappa shape index (κ2) is 69.4. The third-order valence-electron chi connectivity index (χ3n) is 18.4. The molecule has 8 unspecified atom stereocenters. The number of hydrogen-bond donors (Lipinski definition) is 0. The molecular weight excluding hydrogens is 1220 g/mol. The Kier molecular flexibility index (Phi) is 71.3. The van der Waals surface area contributed by atoms with Crippen molar-refractivity contribution in [2.75, 3.05) is 46.2 Å². The van der Waals surface area contributed by atoms with E-state index in [9.17, 15) is 38.4 Å². The number of cyclic esters (lactones) is 3. The highest BCUT2D eigenvalue weighted by atomic mass is 16.6. The van der Waals surface area contributed by atoms with E-state index < -0.39 is 0 Å². The summed E-state index contributed by atoms with van der Waals surface area (Å²) in [5, 5.41) is 0. The van der Waals surface area contributed by atoms with E-state index in [0.717, 1.165) is 153 Å². The molecule has 574 valence electrons.